The molecule has 0 unspecified atom stereocenters. The molecule has 0 radical (unpaired) electrons. The average Bonchev–Trinajstić information content (AvgIpc) is 3.25. The van der Waals surface area contributed by atoms with Crippen molar-refractivity contribution in [1.29, 1.82) is 0 Å². The normalized spacial score (nSPS) is 19.7. The summed E-state index contributed by atoms with van der Waals surface area (Å²) in [4.78, 5) is 27.4. The van der Waals surface area contributed by atoms with Crippen LogP contribution in [0.2, 0.25) is 0 Å². The molecule has 0 bridgehead atoms. The summed E-state index contributed by atoms with van der Waals surface area (Å²) < 4.78 is 6.72. The number of carbonyl (C=O) groups is 2. The molecule has 140 valence electrons. The first-order valence-corrected chi connectivity index (χ1v) is 8.80. The van der Waals surface area contributed by atoms with E-state index >= 15 is 0 Å². The lowest BCUT2D eigenvalue weighted by Gasteiger charge is -2.22. The number of likely N-dealkylation sites (N-methyl/N-ethyl adjacent to an activating group) is 1. The van der Waals surface area contributed by atoms with Gasteiger partial charge in [0, 0.05) is 26.7 Å². The monoisotopic (exact) mass is 352 g/mol. The Morgan fingerprint density at radius 3 is 2.72 bits per heavy atom. The number of hydrogen-bond acceptors (Lipinski definition) is 6. The third-order valence-corrected chi connectivity index (χ3v) is 4.39. The topological polar surface area (TPSA) is 92.6 Å². The molecule has 1 fully saturated rings. The number of nitrogens with one attached hydrogen (secondary N) is 1. The second kappa shape index (κ2) is 8.80. The maximum Gasteiger partial charge on any atom is 0.409 e. The molecule has 0 saturated carbocycles. The van der Waals surface area contributed by atoms with E-state index < -0.39 is 0 Å². The van der Waals surface area contributed by atoms with Gasteiger partial charge >= 0.3 is 6.09 Å². The lowest BCUT2D eigenvalue weighted by molar-refractivity contribution is -0.132. The Morgan fingerprint density at radius 1 is 1.36 bits per heavy atom. The lowest BCUT2D eigenvalue weighted by Crippen LogP contribution is -2.43. The first-order chi connectivity index (χ1) is 12.0. The fraction of sp³-hybridized carbons (Fsp3) is 0.750. The zero-order chi connectivity index (χ0) is 18.4. The Hall–Kier alpha value is -2.16. The molecule has 1 saturated heterocycles. The molecule has 25 heavy (non-hydrogen) atoms. The van der Waals surface area contributed by atoms with Gasteiger partial charge in [-0.3, -0.25) is 4.79 Å². The molecule has 2 amide bonds. The fourth-order valence-corrected chi connectivity index (χ4v) is 2.97. The van der Waals surface area contributed by atoms with Gasteiger partial charge in [0.1, 0.15) is 5.69 Å². The number of hydrogen-bond donors (Lipinski definition) is 1. The largest absolute Gasteiger partial charge is 0.450 e. The molecule has 0 aromatic carbocycles. The molecule has 0 aliphatic carbocycles. The smallest absolute Gasteiger partial charge is 0.409 e. The summed E-state index contributed by atoms with van der Waals surface area (Å²) in [6, 6.07) is -0.0987. The summed E-state index contributed by atoms with van der Waals surface area (Å²) in [5.41, 5.74) is 0.689. The third-order valence-electron chi connectivity index (χ3n) is 4.39. The summed E-state index contributed by atoms with van der Waals surface area (Å²) in [7, 11) is 1.66. The van der Waals surface area contributed by atoms with Gasteiger partial charge in [0.25, 0.3) is 0 Å². The van der Waals surface area contributed by atoms with Crippen molar-refractivity contribution in [3.63, 3.8) is 0 Å². The number of aromatic nitrogens is 3. The van der Waals surface area contributed by atoms with Crippen LogP contribution in [0.1, 0.15) is 38.9 Å². The van der Waals surface area contributed by atoms with Crippen molar-refractivity contribution in [3.05, 3.63) is 11.9 Å². The fourth-order valence-electron chi connectivity index (χ4n) is 2.97. The highest BCUT2D eigenvalue weighted by atomic mass is 16.5. The van der Waals surface area contributed by atoms with Crippen molar-refractivity contribution < 1.29 is 14.3 Å². The van der Waals surface area contributed by atoms with Crippen LogP contribution in [0.25, 0.3) is 0 Å². The molecule has 1 aliphatic rings. The molecule has 1 N–H and O–H groups in total. The minimum Gasteiger partial charge on any atom is -0.450 e. The predicted octanol–water partition coefficient (Wildman–Crippen LogP) is 0.638. The minimum atomic E-state index is -0.385. The van der Waals surface area contributed by atoms with E-state index in [1.54, 1.807) is 18.7 Å². The summed E-state index contributed by atoms with van der Waals surface area (Å²) in [5, 5.41) is 11.6. The second-order valence-electron chi connectivity index (χ2n) is 6.11. The number of ether oxygens (including phenoxy) is 1. The molecule has 1 aromatic rings. The van der Waals surface area contributed by atoms with E-state index in [1.165, 1.54) is 4.90 Å². The summed E-state index contributed by atoms with van der Waals surface area (Å²) in [5.74, 6) is 0.134. The van der Waals surface area contributed by atoms with Gasteiger partial charge in [-0.1, -0.05) is 5.21 Å². The Morgan fingerprint density at radius 2 is 2.08 bits per heavy atom. The van der Waals surface area contributed by atoms with Gasteiger partial charge in [-0.25, -0.2) is 9.48 Å². The standard InChI is InChI=1S/C16H28N6O3/c1-5-21(6-2)15(23)14-8-13(9-17-14)22-11-12(18-19-22)10-20(4)16(24)25-7-3/h11,13-14,17H,5-10H2,1-4H3/t13-,14-/m0/s1. The van der Waals surface area contributed by atoms with E-state index in [0.717, 1.165) is 0 Å². The predicted molar refractivity (Wildman–Crippen MR) is 91.9 cm³/mol. The Kier molecular flexibility index (Phi) is 6.74. The number of rotatable bonds is 7. The van der Waals surface area contributed by atoms with Crippen LogP contribution in [0.4, 0.5) is 4.79 Å². The van der Waals surface area contributed by atoms with Gasteiger partial charge in [-0.05, 0) is 27.2 Å². The molecule has 2 atom stereocenters. The third kappa shape index (κ3) is 4.68. The number of carbonyl (C=O) groups excluding carboxylic acids is 2. The molecule has 0 spiro atoms. The Balaban J connectivity index is 1.92. The Bertz CT molecular complexity index is 586. The van der Waals surface area contributed by atoms with Crippen molar-refractivity contribution in [1.82, 2.24) is 30.1 Å². The van der Waals surface area contributed by atoms with Crippen molar-refractivity contribution in [2.24, 2.45) is 0 Å². The van der Waals surface area contributed by atoms with Gasteiger partial charge in [0.15, 0.2) is 0 Å². The minimum absolute atomic E-state index is 0.0821. The molecule has 2 rings (SSSR count). The molecule has 1 aromatic heterocycles. The van der Waals surface area contributed by atoms with Crippen molar-refractivity contribution >= 4 is 12.0 Å². The van der Waals surface area contributed by atoms with Gasteiger partial charge in [-0.15, -0.1) is 5.10 Å². The van der Waals surface area contributed by atoms with Crippen LogP contribution in [0.3, 0.4) is 0 Å². The van der Waals surface area contributed by atoms with Crippen LogP contribution in [0.5, 0.6) is 0 Å². The van der Waals surface area contributed by atoms with Gasteiger partial charge in [0.05, 0.1) is 31.4 Å². The number of amides is 2. The number of nitrogens with zero attached hydrogens (tertiary/aromatic N) is 5. The van der Waals surface area contributed by atoms with E-state index in [-0.39, 0.29) is 24.1 Å². The van der Waals surface area contributed by atoms with Crippen molar-refractivity contribution in [2.75, 3.05) is 33.3 Å². The first kappa shape index (κ1) is 19.2. The van der Waals surface area contributed by atoms with Crippen LogP contribution in [-0.4, -0.2) is 76.1 Å². The van der Waals surface area contributed by atoms with Gasteiger partial charge in [0.2, 0.25) is 5.91 Å². The SMILES string of the molecule is CCOC(=O)N(C)Cc1cn([C@@H]2CN[C@H](C(=O)N(CC)CC)C2)nn1. The molecule has 9 heteroatoms. The van der Waals surface area contributed by atoms with Crippen LogP contribution >= 0.6 is 0 Å². The van der Waals surface area contributed by atoms with Gasteiger partial charge in [-0.2, -0.15) is 0 Å². The van der Waals surface area contributed by atoms with Crippen LogP contribution in [0.15, 0.2) is 6.20 Å². The Labute approximate surface area is 148 Å². The van der Waals surface area contributed by atoms with E-state index in [9.17, 15) is 9.59 Å². The molecule has 2 heterocycles. The highest BCUT2D eigenvalue weighted by Crippen LogP contribution is 2.20. The van der Waals surface area contributed by atoms with Crippen LogP contribution < -0.4 is 5.32 Å². The maximum atomic E-state index is 12.4. The van der Waals surface area contributed by atoms with Crippen LogP contribution in [0, 0.1) is 0 Å². The molecular weight excluding hydrogens is 324 g/mol. The summed E-state index contributed by atoms with van der Waals surface area (Å²) >= 11 is 0. The quantitative estimate of drug-likeness (QED) is 0.774. The van der Waals surface area contributed by atoms with Gasteiger partial charge < -0.3 is 19.9 Å². The van der Waals surface area contributed by atoms with E-state index in [0.29, 0.717) is 44.9 Å². The summed E-state index contributed by atoms with van der Waals surface area (Å²) in [6.07, 6.45) is 2.13. The lowest BCUT2D eigenvalue weighted by atomic mass is 10.1. The summed E-state index contributed by atoms with van der Waals surface area (Å²) in [6.45, 7) is 8.51. The van der Waals surface area contributed by atoms with E-state index in [1.807, 2.05) is 24.9 Å². The van der Waals surface area contributed by atoms with Crippen molar-refractivity contribution in [3.8, 4) is 0 Å². The maximum absolute atomic E-state index is 12.4. The zero-order valence-electron chi connectivity index (χ0n) is 15.4. The van der Waals surface area contributed by atoms with E-state index in [4.69, 9.17) is 4.74 Å². The first-order valence-electron chi connectivity index (χ1n) is 8.80. The zero-order valence-corrected chi connectivity index (χ0v) is 15.4. The average molecular weight is 352 g/mol. The molecular formula is C16H28N6O3. The van der Waals surface area contributed by atoms with Crippen molar-refractivity contribution in [2.45, 2.75) is 45.8 Å². The highest BCUT2D eigenvalue weighted by Gasteiger charge is 2.33. The van der Waals surface area contributed by atoms with E-state index in [2.05, 4.69) is 15.6 Å². The second-order valence-corrected chi connectivity index (χ2v) is 6.11. The molecule has 1 aliphatic heterocycles. The van der Waals surface area contributed by atoms with Crippen LogP contribution in [-0.2, 0) is 16.1 Å². The highest BCUT2D eigenvalue weighted by molar-refractivity contribution is 5.82. The molecule has 9 nitrogen and oxygen atoms in total.